The summed E-state index contributed by atoms with van der Waals surface area (Å²) >= 11 is 0. The van der Waals surface area contributed by atoms with Gasteiger partial charge in [0.05, 0.1) is 12.6 Å². The number of hydrogen-bond donors (Lipinski definition) is 1. The van der Waals surface area contributed by atoms with Crippen LogP contribution in [0.15, 0.2) is 4.52 Å². The molecule has 9 heteroatoms. The lowest BCUT2D eigenvalue weighted by Gasteiger charge is -2.37. The van der Waals surface area contributed by atoms with Crippen molar-refractivity contribution in [1.82, 2.24) is 19.9 Å². The molecule has 2 unspecified atom stereocenters. The van der Waals surface area contributed by atoms with Gasteiger partial charge >= 0.3 is 0 Å². The summed E-state index contributed by atoms with van der Waals surface area (Å²) in [5.41, 5.74) is 6.23. The maximum Gasteiger partial charge on any atom is 0.240 e. The van der Waals surface area contributed by atoms with Crippen LogP contribution in [0.2, 0.25) is 0 Å². The van der Waals surface area contributed by atoms with Crippen LogP contribution in [0.25, 0.3) is 0 Å². The van der Waals surface area contributed by atoms with E-state index >= 15 is 0 Å². The average molecular weight is 381 g/mol. The highest BCUT2D eigenvalue weighted by molar-refractivity contribution is 5.82. The van der Waals surface area contributed by atoms with Gasteiger partial charge < -0.3 is 24.6 Å². The summed E-state index contributed by atoms with van der Waals surface area (Å²) in [5, 5.41) is 3.99. The Bertz CT molecular complexity index is 596. The molecule has 0 radical (unpaired) electrons. The van der Waals surface area contributed by atoms with Gasteiger partial charge in [0.1, 0.15) is 6.10 Å². The second kappa shape index (κ2) is 9.59. The van der Waals surface area contributed by atoms with Crippen molar-refractivity contribution in [2.24, 2.45) is 11.7 Å². The molecule has 1 aromatic heterocycles. The highest BCUT2D eigenvalue weighted by atomic mass is 16.5. The summed E-state index contributed by atoms with van der Waals surface area (Å²) in [6, 6.07) is -0.418. The summed E-state index contributed by atoms with van der Waals surface area (Å²) in [6.45, 7) is 9.32. The number of piperazine rings is 1. The molecule has 9 nitrogen and oxygen atoms in total. The Morgan fingerprint density at radius 3 is 2.67 bits per heavy atom. The zero-order valence-corrected chi connectivity index (χ0v) is 16.3. The molecule has 2 saturated heterocycles. The second-order valence-corrected chi connectivity index (χ2v) is 7.22. The van der Waals surface area contributed by atoms with E-state index in [4.69, 9.17) is 19.7 Å². The third kappa shape index (κ3) is 5.25. The summed E-state index contributed by atoms with van der Waals surface area (Å²) < 4.78 is 16.2. The van der Waals surface area contributed by atoms with Gasteiger partial charge in [-0.3, -0.25) is 9.69 Å². The van der Waals surface area contributed by atoms with Gasteiger partial charge in [-0.25, -0.2) is 0 Å². The fourth-order valence-corrected chi connectivity index (χ4v) is 3.63. The molecule has 0 aliphatic carbocycles. The molecular formula is C18H31N5O4. The van der Waals surface area contributed by atoms with Crippen LogP contribution in [0, 0.1) is 5.92 Å². The minimum Gasteiger partial charge on any atom is -0.381 e. The minimum atomic E-state index is -0.418. The Hall–Kier alpha value is -1.55. The zero-order valence-electron chi connectivity index (χ0n) is 16.3. The molecule has 152 valence electrons. The number of carbonyl (C=O) groups excluding carboxylic acids is 1. The minimum absolute atomic E-state index is 0.0622. The van der Waals surface area contributed by atoms with Crippen molar-refractivity contribution in [1.29, 1.82) is 0 Å². The summed E-state index contributed by atoms with van der Waals surface area (Å²) in [6.07, 6.45) is 1.56. The van der Waals surface area contributed by atoms with Crippen molar-refractivity contribution in [3.05, 3.63) is 11.7 Å². The zero-order chi connectivity index (χ0) is 19.2. The molecule has 2 aliphatic rings. The lowest BCUT2D eigenvalue weighted by Crippen LogP contribution is -2.55. The number of rotatable bonds is 7. The number of nitrogens with two attached hydrogens (primary N) is 1. The molecule has 0 spiro atoms. The van der Waals surface area contributed by atoms with Crippen LogP contribution in [0.5, 0.6) is 0 Å². The van der Waals surface area contributed by atoms with Gasteiger partial charge in [-0.1, -0.05) is 5.16 Å². The molecule has 0 aromatic carbocycles. The SMILES string of the molecule is CCOC(C)c1noc(CN2CCN(C(=O)C(N)C3CCOCC3)CC2)n1. The average Bonchev–Trinajstić information content (AvgIpc) is 3.17. The number of amides is 1. The number of nitrogens with zero attached hydrogens (tertiary/aromatic N) is 4. The smallest absolute Gasteiger partial charge is 0.240 e. The predicted molar refractivity (Wildman–Crippen MR) is 97.7 cm³/mol. The Morgan fingerprint density at radius 2 is 2.00 bits per heavy atom. The maximum atomic E-state index is 12.7. The monoisotopic (exact) mass is 381 g/mol. The van der Waals surface area contributed by atoms with Crippen molar-refractivity contribution in [3.8, 4) is 0 Å². The molecule has 3 heterocycles. The summed E-state index contributed by atoms with van der Waals surface area (Å²) in [4.78, 5) is 21.2. The fraction of sp³-hybridized carbons (Fsp3) is 0.833. The van der Waals surface area contributed by atoms with Gasteiger partial charge in [0, 0.05) is 46.0 Å². The normalized spacial score (nSPS) is 22.0. The quantitative estimate of drug-likeness (QED) is 0.730. The van der Waals surface area contributed by atoms with Crippen molar-refractivity contribution in [2.75, 3.05) is 46.0 Å². The molecule has 0 saturated carbocycles. The predicted octanol–water partition coefficient (Wildman–Crippen LogP) is 0.565. The number of ether oxygens (including phenoxy) is 2. The molecule has 2 N–H and O–H groups in total. The van der Waals surface area contributed by atoms with E-state index < -0.39 is 6.04 Å². The summed E-state index contributed by atoms with van der Waals surface area (Å²) in [7, 11) is 0. The van der Waals surface area contributed by atoms with E-state index in [9.17, 15) is 4.79 Å². The molecule has 0 bridgehead atoms. The van der Waals surface area contributed by atoms with Crippen molar-refractivity contribution >= 4 is 5.91 Å². The third-order valence-corrected chi connectivity index (χ3v) is 5.37. The van der Waals surface area contributed by atoms with Gasteiger partial charge in [-0.15, -0.1) is 0 Å². The van der Waals surface area contributed by atoms with Crippen LogP contribution in [0.4, 0.5) is 0 Å². The molecule has 3 rings (SSSR count). The van der Waals surface area contributed by atoms with Crippen molar-refractivity contribution in [2.45, 2.75) is 45.4 Å². The van der Waals surface area contributed by atoms with E-state index in [-0.39, 0.29) is 17.9 Å². The number of carbonyl (C=O) groups is 1. The standard InChI is InChI=1S/C18H31N5O4/c1-3-26-13(2)17-20-15(27-21-17)12-22-6-8-23(9-7-22)18(24)16(19)14-4-10-25-11-5-14/h13-14,16H,3-12,19H2,1-2H3. The van der Waals surface area contributed by atoms with Crippen molar-refractivity contribution in [3.63, 3.8) is 0 Å². The van der Waals surface area contributed by atoms with Gasteiger partial charge in [0.25, 0.3) is 0 Å². The molecule has 2 fully saturated rings. The topological polar surface area (TPSA) is 107 Å². The fourth-order valence-electron chi connectivity index (χ4n) is 3.63. The third-order valence-electron chi connectivity index (χ3n) is 5.37. The highest BCUT2D eigenvalue weighted by Gasteiger charge is 2.31. The second-order valence-electron chi connectivity index (χ2n) is 7.22. The molecule has 1 amide bonds. The van der Waals surface area contributed by atoms with E-state index in [1.807, 2.05) is 18.7 Å². The molecule has 1 aromatic rings. The van der Waals surface area contributed by atoms with E-state index in [1.165, 1.54) is 0 Å². The highest BCUT2D eigenvalue weighted by Crippen LogP contribution is 2.20. The lowest BCUT2D eigenvalue weighted by molar-refractivity contribution is -0.136. The van der Waals surface area contributed by atoms with Gasteiger partial charge in [-0.2, -0.15) is 4.98 Å². The van der Waals surface area contributed by atoms with E-state index in [0.717, 1.165) is 25.9 Å². The molecule has 27 heavy (non-hydrogen) atoms. The maximum absolute atomic E-state index is 12.7. The Kier molecular flexibility index (Phi) is 7.17. The van der Waals surface area contributed by atoms with Crippen LogP contribution in [0.1, 0.15) is 44.5 Å². The first-order chi connectivity index (χ1) is 13.1. The Labute approximate surface area is 160 Å². The largest absolute Gasteiger partial charge is 0.381 e. The molecule has 2 atom stereocenters. The Morgan fingerprint density at radius 1 is 1.30 bits per heavy atom. The molecule has 2 aliphatic heterocycles. The van der Waals surface area contributed by atoms with E-state index in [2.05, 4.69) is 15.0 Å². The van der Waals surface area contributed by atoms with Crippen LogP contribution in [-0.4, -0.2) is 77.9 Å². The number of aromatic nitrogens is 2. The van der Waals surface area contributed by atoms with E-state index in [0.29, 0.717) is 51.2 Å². The van der Waals surface area contributed by atoms with Crippen LogP contribution >= 0.6 is 0 Å². The first-order valence-electron chi connectivity index (χ1n) is 9.87. The first-order valence-corrected chi connectivity index (χ1v) is 9.87. The van der Waals surface area contributed by atoms with Crippen LogP contribution < -0.4 is 5.73 Å². The first kappa shape index (κ1) is 20.2. The van der Waals surface area contributed by atoms with Crippen molar-refractivity contribution < 1.29 is 18.8 Å². The van der Waals surface area contributed by atoms with Crippen LogP contribution in [-0.2, 0) is 20.8 Å². The van der Waals surface area contributed by atoms with E-state index in [1.54, 1.807) is 0 Å². The number of hydrogen-bond acceptors (Lipinski definition) is 8. The Balaban J connectivity index is 1.45. The van der Waals surface area contributed by atoms with Crippen LogP contribution in [0.3, 0.4) is 0 Å². The summed E-state index contributed by atoms with van der Waals surface area (Å²) in [5.74, 6) is 1.44. The van der Waals surface area contributed by atoms with Gasteiger partial charge in [0.15, 0.2) is 5.82 Å². The van der Waals surface area contributed by atoms with Gasteiger partial charge in [0.2, 0.25) is 11.8 Å². The lowest BCUT2D eigenvalue weighted by atomic mass is 9.91. The van der Waals surface area contributed by atoms with Gasteiger partial charge in [-0.05, 0) is 32.6 Å². The molecular weight excluding hydrogens is 350 g/mol.